The van der Waals surface area contributed by atoms with Gasteiger partial charge in [0.15, 0.2) is 0 Å². The third-order valence-corrected chi connectivity index (χ3v) is 3.86. The molecule has 0 spiro atoms. The zero-order chi connectivity index (χ0) is 15.2. The van der Waals surface area contributed by atoms with Crippen LogP contribution in [0, 0.1) is 11.8 Å². The topological polar surface area (TPSA) is 104 Å². The molecule has 0 aromatic heterocycles. The van der Waals surface area contributed by atoms with Crippen LogP contribution in [0.5, 0.6) is 0 Å². The van der Waals surface area contributed by atoms with E-state index >= 15 is 0 Å². The standard InChI is InChI=1S/C13H19NO6/c1-13(2,3)20-12(19)14-6-4-5-7(14)9(11(17)18)8(6)10(15)16/h6-9H,4-5H2,1-3H3,(H,15,16)(H,17,18)/t6-,7+,8+,9-. The summed E-state index contributed by atoms with van der Waals surface area (Å²) in [5.74, 6) is -4.45. The summed E-state index contributed by atoms with van der Waals surface area (Å²) in [4.78, 5) is 36.1. The van der Waals surface area contributed by atoms with Gasteiger partial charge in [-0.1, -0.05) is 0 Å². The van der Waals surface area contributed by atoms with Crippen LogP contribution in [0.3, 0.4) is 0 Å². The van der Waals surface area contributed by atoms with E-state index < -0.39 is 47.6 Å². The number of rotatable bonds is 2. The number of carbonyl (C=O) groups excluding carboxylic acids is 1. The van der Waals surface area contributed by atoms with E-state index in [4.69, 9.17) is 4.74 Å². The maximum Gasteiger partial charge on any atom is 0.410 e. The number of hydrogen-bond acceptors (Lipinski definition) is 4. The van der Waals surface area contributed by atoms with Gasteiger partial charge in [-0.25, -0.2) is 4.79 Å². The number of fused-ring (bicyclic) bond motifs is 2. The minimum Gasteiger partial charge on any atom is -0.481 e. The van der Waals surface area contributed by atoms with Crippen molar-refractivity contribution in [2.24, 2.45) is 11.8 Å². The molecule has 2 N–H and O–H groups in total. The van der Waals surface area contributed by atoms with Crippen molar-refractivity contribution in [1.82, 2.24) is 4.90 Å². The molecule has 7 nitrogen and oxygen atoms in total. The molecular weight excluding hydrogens is 266 g/mol. The second kappa shape index (κ2) is 4.64. The number of ether oxygens (including phenoxy) is 1. The summed E-state index contributed by atoms with van der Waals surface area (Å²) < 4.78 is 5.26. The van der Waals surface area contributed by atoms with Gasteiger partial charge in [-0.15, -0.1) is 0 Å². The van der Waals surface area contributed by atoms with E-state index in [1.54, 1.807) is 20.8 Å². The third kappa shape index (κ3) is 2.32. The van der Waals surface area contributed by atoms with Gasteiger partial charge in [0.2, 0.25) is 0 Å². The lowest BCUT2D eigenvalue weighted by atomic mass is 9.79. The zero-order valence-electron chi connectivity index (χ0n) is 11.7. The maximum absolute atomic E-state index is 12.2. The Hall–Kier alpha value is -1.79. The number of carboxylic acids is 2. The Morgan fingerprint density at radius 3 is 1.70 bits per heavy atom. The molecule has 2 aliphatic heterocycles. The fourth-order valence-electron chi connectivity index (χ4n) is 3.27. The van der Waals surface area contributed by atoms with Gasteiger partial charge >= 0.3 is 18.0 Å². The average molecular weight is 285 g/mol. The van der Waals surface area contributed by atoms with Crippen molar-refractivity contribution in [2.75, 3.05) is 0 Å². The molecule has 20 heavy (non-hydrogen) atoms. The van der Waals surface area contributed by atoms with Crippen LogP contribution in [0.15, 0.2) is 0 Å². The highest BCUT2D eigenvalue weighted by Gasteiger charge is 2.61. The van der Waals surface area contributed by atoms with Crippen molar-refractivity contribution in [3.8, 4) is 0 Å². The van der Waals surface area contributed by atoms with E-state index in [2.05, 4.69) is 0 Å². The lowest BCUT2D eigenvalue weighted by molar-refractivity contribution is -0.154. The first-order valence-electron chi connectivity index (χ1n) is 6.60. The van der Waals surface area contributed by atoms with Gasteiger partial charge in [-0.05, 0) is 33.6 Å². The molecule has 0 unspecified atom stereocenters. The van der Waals surface area contributed by atoms with E-state index in [0.717, 1.165) is 0 Å². The van der Waals surface area contributed by atoms with Crippen LogP contribution < -0.4 is 0 Å². The molecule has 0 radical (unpaired) electrons. The molecule has 4 atom stereocenters. The van der Waals surface area contributed by atoms with Gasteiger partial charge in [0.1, 0.15) is 5.60 Å². The molecule has 0 aliphatic carbocycles. The van der Waals surface area contributed by atoms with Crippen molar-refractivity contribution in [3.63, 3.8) is 0 Å². The van der Waals surface area contributed by atoms with Crippen LogP contribution in [-0.2, 0) is 14.3 Å². The first kappa shape index (κ1) is 14.6. The van der Waals surface area contributed by atoms with Crippen LogP contribution in [0.25, 0.3) is 0 Å². The summed E-state index contributed by atoms with van der Waals surface area (Å²) in [7, 11) is 0. The Kier molecular flexibility index (Phi) is 3.39. The van der Waals surface area contributed by atoms with E-state index in [0.29, 0.717) is 12.8 Å². The Morgan fingerprint density at radius 2 is 1.40 bits per heavy atom. The minimum absolute atomic E-state index is 0.505. The number of amides is 1. The SMILES string of the molecule is CC(C)(C)OC(=O)N1[C@@H]2CC[C@H]1[C@@H](C(=O)O)[C@H]2C(=O)O. The monoisotopic (exact) mass is 285 g/mol. The number of hydrogen-bond donors (Lipinski definition) is 2. The molecule has 2 fully saturated rings. The second-order valence-corrected chi connectivity index (χ2v) is 6.33. The van der Waals surface area contributed by atoms with Crippen molar-refractivity contribution < 1.29 is 29.3 Å². The van der Waals surface area contributed by atoms with E-state index in [1.807, 2.05) is 0 Å². The average Bonchev–Trinajstić information content (AvgIpc) is 2.80. The predicted molar refractivity (Wildman–Crippen MR) is 67.1 cm³/mol. The van der Waals surface area contributed by atoms with Crippen LogP contribution in [0.2, 0.25) is 0 Å². The van der Waals surface area contributed by atoms with Gasteiger partial charge in [-0.2, -0.15) is 0 Å². The second-order valence-electron chi connectivity index (χ2n) is 6.33. The Balaban J connectivity index is 2.27. The molecule has 2 heterocycles. The van der Waals surface area contributed by atoms with Crippen LogP contribution in [0.4, 0.5) is 4.79 Å². The summed E-state index contributed by atoms with van der Waals surface area (Å²) in [5, 5.41) is 18.5. The lowest BCUT2D eigenvalue weighted by Crippen LogP contribution is -2.41. The Bertz CT molecular complexity index is 426. The molecule has 0 aromatic rings. The first-order valence-corrected chi connectivity index (χ1v) is 6.60. The first-order chi connectivity index (χ1) is 9.13. The van der Waals surface area contributed by atoms with Crippen molar-refractivity contribution >= 4 is 18.0 Å². The summed E-state index contributed by atoms with van der Waals surface area (Å²) in [5.41, 5.74) is -0.698. The van der Waals surface area contributed by atoms with Gasteiger partial charge in [-0.3, -0.25) is 9.59 Å². The Labute approximate surface area is 116 Å². The van der Waals surface area contributed by atoms with Gasteiger partial charge < -0.3 is 19.8 Å². The zero-order valence-corrected chi connectivity index (χ0v) is 11.7. The predicted octanol–water partition coefficient (Wildman–Crippen LogP) is 1.17. The smallest absolute Gasteiger partial charge is 0.410 e. The highest BCUT2D eigenvalue weighted by atomic mass is 16.6. The van der Waals surface area contributed by atoms with E-state index in [9.17, 15) is 24.6 Å². The van der Waals surface area contributed by atoms with Crippen molar-refractivity contribution in [2.45, 2.75) is 51.3 Å². The fraction of sp³-hybridized carbons (Fsp3) is 0.769. The number of carboxylic acid groups (broad SMARTS) is 2. The van der Waals surface area contributed by atoms with Crippen molar-refractivity contribution in [1.29, 1.82) is 0 Å². The molecule has 2 rings (SSSR count). The molecule has 112 valence electrons. The van der Waals surface area contributed by atoms with Crippen LogP contribution >= 0.6 is 0 Å². The largest absolute Gasteiger partial charge is 0.481 e. The molecule has 2 bridgehead atoms. The summed E-state index contributed by atoms with van der Waals surface area (Å²) in [6.45, 7) is 5.14. The highest BCUT2D eigenvalue weighted by molar-refractivity contribution is 5.85. The summed E-state index contributed by atoms with van der Waals surface area (Å²) in [6, 6.07) is -1.18. The normalized spacial score (nSPS) is 32.2. The molecule has 2 saturated heterocycles. The third-order valence-electron chi connectivity index (χ3n) is 3.86. The summed E-state index contributed by atoms with van der Waals surface area (Å²) in [6.07, 6.45) is 0.384. The van der Waals surface area contributed by atoms with Crippen LogP contribution in [-0.4, -0.2) is 50.8 Å². The number of nitrogens with zero attached hydrogens (tertiary/aromatic N) is 1. The number of carbonyl (C=O) groups is 3. The molecule has 1 amide bonds. The molecule has 2 aliphatic rings. The van der Waals surface area contributed by atoms with Crippen LogP contribution in [0.1, 0.15) is 33.6 Å². The Morgan fingerprint density at radius 1 is 1.00 bits per heavy atom. The van der Waals surface area contributed by atoms with Gasteiger partial charge in [0.25, 0.3) is 0 Å². The quantitative estimate of drug-likeness (QED) is 0.789. The van der Waals surface area contributed by atoms with Gasteiger partial charge in [0, 0.05) is 12.1 Å². The van der Waals surface area contributed by atoms with E-state index in [1.165, 1.54) is 4.90 Å². The molecular formula is C13H19NO6. The molecule has 0 saturated carbocycles. The summed E-state index contributed by atoms with van der Waals surface area (Å²) >= 11 is 0. The maximum atomic E-state index is 12.2. The van der Waals surface area contributed by atoms with Crippen molar-refractivity contribution in [3.05, 3.63) is 0 Å². The molecule has 7 heteroatoms. The highest BCUT2D eigenvalue weighted by Crippen LogP contribution is 2.46. The minimum atomic E-state index is -1.17. The van der Waals surface area contributed by atoms with E-state index in [-0.39, 0.29) is 0 Å². The van der Waals surface area contributed by atoms with Gasteiger partial charge in [0.05, 0.1) is 11.8 Å². The number of aliphatic carboxylic acids is 2. The molecule has 0 aromatic carbocycles. The lowest BCUT2D eigenvalue weighted by Gasteiger charge is -2.27. The fourth-order valence-corrected chi connectivity index (χ4v) is 3.27.